The Kier molecular flexibility index (Phi) is 8.11. The number of carbonyl (C=O) groups excluding carboxylic acids is 3. The number of rotatable bonds is 10. The summed E-state index contributed by atoms with van der Waals surface area (Å²) >= 11 is 1.68. The molecule has 4 heterocycles. The van der Waals surface area contributed by atoms with Crippen molar-refractivity contribution in [2.24, 2.45) is 17.8 Å². The zero-order valence-corrected chi connectivity index (χ0v) is 21.4. The molecule has 3 amide bonds. The van der Waals surface area contributed by atoms with Gasteiger partial charge in [0.1, 0.15) is 6.04 Å². The summed E-state index contributed by atoms with van der Waals surface area (Å²) in [7, 11) is 0. The van der Waals surface area contributed by atoms with Crippen LogP contribution in [-0.4, -0.2) is 107 Å². The van der Waals surface area contributed by atoms with Gasteiger partial charge in [-0.1, -0.05) is 20.8 Å². The van der Waals surface area contributed by atoms with Crippen LogP contribution in [0.4, 0.5) is 0 Å². The largest absolute Gasteiger partial charge is 0.394 e. The maximum Gasteiger partial charge on any atom is 0.244 e. The lowest BCUT2D eigenvalue weighted by Crippen LogP contribution is -2.59. The molecule has 4 rings (SSSR count). The van der Waals surface area contributed by atoms with Gasteiger partial charge in [0.25, 0.3) is 0 Å². The summed E-state index contributed by atoms with van der Waals surface area (Å²) in [4.78, 5) is 44.7. The molecule has 4 aliphatic heterocycles. The van der Waals surface area contributed by atoms with Crippen molar-refractivity contribution in [3.63, 3.8) is 0 Å². The van der Waals surface area contributed by atoms with Crippen LogP contribution in [0.5, 0.6) is 0 Å². The van der Waals surface area contributed by atoms with Crippen LogP contribution in [0, 0.1) is 17.8 Å². The van der Waals surface area contributed by atoms with Crippen LogP contribution < -0.4 is 10.6 Å². The number of likely N-dealkylation sites (tertiary alicyclic amines) is 1. The molecule has 2 bridgehead atoms. The Morgan fingerprint density at radius 1 is 1.21 bits per heavy atom. The van der Waals surface area contributed by atoms with E-state index in [1.54, 1.807) is 16.7 Å². The Morgan fingerprint density at radius 3 is 2.56 bits per heavy atom. The van der Waals surface area contributed by atoms with Gasteiger partial charge < -0.3 is 25.4 Å². The highest BCUT2D eigenvalue weighted by molar-refractivity contribution is 8.02. The summed E-state index contributed by atoms with van der Waals surface area (Å²) in [6, 6.07) is -1.12. The molecule has 0 aromatic carbocycles. The quantitative estimate of drug-likeness (QED) is 0.393. The van der Waals surface area contributed by atoms with E-state index in [-0.39, 0.29) is 35.5 Å². The van der Waals surface area contributed by atoms with E-state index in [0.29, 0.717) is 32.7 Å². The summed E-state index contributed by atoms with van der Waals surface area (Å²) in [5, 5.41) is 16.3. The smallest absolute Gasteiger partial charge is 0.244 e. The van der Waals surface area contributed by atoms with Crippen LogP contribution in [0.15, 0.2) is 0 Å². The minimum Gasteiger partial charge on any atom is -0.394 e. The second-order valence-electron chi connectivity index (χ2n) is 10.1. The van der Waals surface area contributed by atoms with Crippen molar-refractivity contribution in [1.82, 2.24) is 20.4 Å². The normalized spacial score (nSPS) is 35.9. The lowest BCUT2D eigenvalue weighted by Gasteiger charge is -2.40. The van der Waals surface area contributed by atoms with E-state index in [2.05, 4.69) is 22.5 Å². The van der Waals surface area contributed by atoms with Crippen LogP contribution in [0.25, 0.3) is 0 Å². The minimum atomic E-state index is -0.680. The van der Waals surface area contributed by atoms with E-state index in [4.69, 9.17) is 4.74 Å². The third kappa shape index (κ3) is 4.24. The molecule has 0 aliphatic carbocycles. The predicted molar refractivity (Wildman–Crippen MR) is 130 cm³/mol. The van der Waals surface area contributed by atoms with Crippen LogP contribution in [0.2, 0.25) is 0 Å². The SMILES string of the molecule is CCCNC(=O)[C@@H]1[C@@H]2CC(C)C3(S2)C(C(=O)NCCN2CCOCC2)N([C@@H](CC)CO)C(=O)[C@H]13. The van der Waals surface area contributed by atoms with E-state index in [0.717, 1.165) is 32.5 Å². The molecule has 9 nitrogen and oxygen atoms in total. The van der Waals surface area contributed by atoms with Gasteiger partial charge in [0.2, 0.25) is 17.7 Å². The van der Waals surface area contributed by atoms with E-state index in [1.807, 2.05) is 13.8 Å². The monoisotopic (exact) mass is 496 g/mol. The van der Waals surface area contributed by atoms with Gasteiger partial charge in [-0.3, -0.25) is 19.3 Å². The van der Waals surface area contributed by atoms with E-state index in [1.165, 1.54) is 0 Å². The number of carbonyl (C=O) groups is 3. The number of hydrogen-bond donors (Lipinski definition) is 3. The minimum absolute atomic E-state index is 0.0424. The van der Waals surface area contributed by atoms with Gasteiger partial charge in [-0.05, 0) is 25.2 Å². The maximum atomic E-state index is 13.9. The zero-order valence-electron chi connectivity index (χ0n) is 20.6. The van der Waals surface area contributed by atoms with Gasteiger partial charge >= 0.3 is 0 Å². The van der Waals surface area contributed by atoms with E-state index >= 15 is 0 Å². The number of amides is 3. The molecule has 34 heavy (non-hydrogen) atoms. The molecule has 4 aliphatic rings. The third-order valence-electron chi connectivity index (χ3n) is 8.19. The Hall–Kier alpha value is -1.36. The van der Waals surface area contributed by atoms with Gasteiger partial charge in [-0.25, -0.2) is 0 Å². The lowest BCUT2D eigenvalue weighted by atomic mass is 9.66. The highest BCUT2D eigenvalue weighted by atomic mass is 32.2. The molecule has 1 spiro atoms. The number of aliphatic hydroxyl groups excluding tert-OH is 1. The average molecular weight is 497 g/mol. The second kappa shape index (κ2) is 10.7. The highest BCUT2D eigenvalue weighted by Gasteiger charge is 2.76. The highest BCUT2D eigenvalue weighted by Crippen LogP contribution is 2.68. The predicted octanol–water partition coefficient (Wildman–Crippen LogP) is 0.0691. The molecule has 3 unspecified atom stereocenters. The molecular formula is C24H40N4O5S. The van der Waals surface area contributed by atoms with Gasteiger partial charge in [0, 0.05) is 38.0 Å². The van der Waals surface area contributed by atoms with Crippen molar-refractivity contribution in [1.29, 1.82) is 0 Å². The first-order valence-corrected chi connectivity index (χ1v) is 13.7. The van der Waals surface area contributed by atoms with Crippen molar-refractivity contribution in [2.75, 3.05) is 52.5 Å². The molecule has 10 heteroatoms. The van der Waals surface area contributed by atoms with Crippen LogP contribution in [0.1, 0.15) is 40.0 Å². The Bertz CT molecular complexity index is 774. The number of thioether (sulfide) groups is 1. The Morgan fingerprint density at radius 2 is 1.91 bits per heavy atom. The second-order valence-corrected chi connectivity index (χ2v) is 11.6. The molecule has 7 atom stereocenters. The molecule has 0 saturated carbocycles. The molecule has 4 saturated heterocycles. The molecule has 4 fully saturated rings. The number of ether oxygens (including phenoxy) is 1. The maximum absolute atomic E-state index is 13.9. The molecule has 192 valence electrons. The summed E-state index contributed by atoms with van der Waals surface area (Å²) in [6.07, 6.45) is 2.21. The standard InChI is InChI=1S/C24H40N4O5S/c1-4-6-25-21(30)18-17-13-15(3)24(34-17)19(18)23(32)28(16(5-2)14-29)20(24)22(31)26-7-8-27-9-11-33-12-10-27/h15-20,29H,4-14H2,1-3H3,(H,25,30)(H,26,31)/t15?,16-,17-,18+,19-,20?,24?/m0/s1. The fourth-order valence-electron chi connectivity index (χ4n) is 6.49. The first kappa shape index (κ1) is 25.7. The first-order valence-electron chi connectivity index (χ1n) is 12.9. The van der Waals surface area contributed by atoms with Crippen LogP contribution in [-0.2, 0) is 19.1 Å². The van der Waals surface area contributed by atoms with Crippen molar-refractivity contribution < 1.29 is 24.2 Å². The number of nitrogens with zero attached hydrogens (tertiary/aromatic N) is 2. The van der Waals surface area contributed by atoms with Crippen LogP contribution in [0.3, 0.4) is 0 Å². The van der Waals surface area contributed by atoms with Gasteiger partial charge in [-0.2, -0.15) is 0 Å². The molecule has 0 radical (unpaired) electrons. The number of morpholine rings is 1. The Balaban J connectivity index is 1.59. The van der Waals surface area contributed by atoms with Crippen LogP contribution >= 0.6 is 11.8 Å². The topological polar surface area (TPSA) is 111 Å². The fourth-order valence-corrected chi connectivity index (χ4v) is 8.90. The average Bonchev–Trinajstić information content (AvgIpc) is 3.43. The lowest BCUT2D eigenvalue weighted by molar-refractivity contribution is -0.142. The number of aliphatic hydroxyl groups is 1. The molecular weight excluding hydrogens is 456 g/mol. The van der Waals surface area contributed by atoms with Crippen molar-refractivity contribution in [3.8, 4) is 0 Å². The summed E-state index contributed by atoms with van der Waals surface area (Å²) in [5.41, 5.74) is 0. The summed E-state index contributed by atoms with van der Waals surface area (Å²) in [6.45, 7) is 10.8. The molecule has 3 N–H and O–H groups in total. The number of fused-ring (bicyclic) bond motifs is 1. The van der Waals surface area contributed by atoms with Gasteiger partial charge in [0.05, 0.1) is 42.4 Å². The zero-order chi connectivity index (χ0) is 24.5. The van der Waals surface area contributed by atoms with E-state index in [9.17, 15) is 19.5 Å². The third-order valence-corrected chi connectivity index (χ3v) is 10.3. The molecule has 0 aromatic heterocycles. The van der Waals surface area contributed by atoms with Gasteiger partial charge in [-0.15, -0.1) is 11.8 Å². The molecule has 0 aromatic rings. The van der Waals surface area contributed by atoms with Crippen molar-refractivity contribution >= 4 is 29.5 Å². The fraction of sp³-hybridized carbons (Fsp3) is 0.875. The van der Waals surface area contributed by atoms with Crippen molar-refractivity contribution in [2.45, 2.75) is 62.1 Å². The first-order chi connectivity index (χ1) is 16.4. The Labute approximate surface area is 206 Å². The van der Waals surface area contributed by atoms with Crippen molar-refractivity contribution in [3.05, 3.63) is 0 Å². The van der Waals surface area contributed by atoms with Gasteiger partial charge in [0.15, 0.2) is 0 Å². The van der Waals surface area contributed by atoms with E-state index < -0.39 is 28.7 Å². The summed E-state index contributed by atoms with van der Waals surface area (Å²) in [5.74, 6) is -1.21. The number of hydrogen-bond acceptors (Lipinski definition) is 7. The number of nitrogens with one attached hydrogen (secondary N) is 2. The summed E-state index contributed by atoms with van der Waals surface area (Å²) < 4.78 is 4.76.